The van der Waals surface area contributed by atoms with Gasteiger partial charge < -0.3 is 81.8 Å². The van der Waals surface area contributed by atoms with E-state index in [0.29, 0.717) is 57.2 Å². The van der Waals surface area contributed by atoms with E-state index in [4.69, 9.17) is 34.4 Å². The molecule has 0 aromatic heterocycles. The molecule has 0 aliphatic carbocycles. The zero-order valence-electron chi connectivity index (χ0n) is 38.9. The molecule has 0 bridgehead atoms. The minimum atomic E-state index is -1.39. The lowest BCUT2D eigenvalue weighted by Crippen LogP contribution is -2.60. The molecule has 1 aromatic rings. The van der Waals surface area contributed by atoms with Crippen LogP contribution < -0.4 is 71.6 Å². The molecule has 0 fully saturated rings. The fourth-order valence-corrected chi connectivity index (χ4v) is 6.69. The van der Waals surface area contributed by atoms with Gasteiger partial charge in [0.05, 0.1) is 13.1 Å². The van der Waals surface area contributed by atoms with Crippen molar-refractivity contribution in [3.8, 4) is 5.75 Å². The number of benzene rings is 1. The van der Waals surface area contributed by atoms with Gasteiger partial charge in [0, 0.05) is 13.0 Å². The number of phenols is 1. The summed E-state index contributed by atoms with van der Waals surface area (Å²) >= 11 is 0. The Balaban J connectivity index is 3.57. The largest absolute Gasteiger partial charge is 0.508 e. The first kappa shape index (κ1) is 58.9. The van der Waals surface area contributed by atoms with Crippen LogP contribution in [-0.2, 0) is 44.8 Å². The molecule has 0 saturated carbocycles. The molecule has 67 heavy (non-hydrogen) atoms. The molecule has 24 heteroatoms. The molecule has 0 aliphatic rings. The second kappa shape index (κ2) is 33.4. The summed E-state index contributed by atoms with van der Waals surface area (Å²) < 4.78 is 0. The number of phenolic OH excluding ortho intramolecular Hbond substituents is 1. The van der Waals surface area contributed by atoms with Crippen LogP contribution in [0.3, 0.4) is 0 Å². The summed E-state index contributed by atoms with van der Waals surface area (Å²) in [5.41, 5.74) is 33.9. The number of nitrogens with two attached hydrogens (primary N) is 6. The lowest BCUT2D eigenvalue weighted by molar-refractivity contribution is -0.143. The van der Waals surface area contributed by atoms with E-state index in [0.717, 1.165) is 0 Å². The van der Waals surface area contributed by atoms with Gasteiger partial charge in [-0.2, -0.15) is 0 Å². The Morgan fingerprint density at radius 2 is 0.955 bits per heavy atom. The minimum absolute atomic E-state index is 0.0281. The quantitative estimate of drug-likeness (QED) is 0.0178. The fraction of sp³-hybridized carbons (Fsp3) is 0.651. The van der Waals surface area contributed by atoms with Crippen molar-refractivity contribution in [3.05, 3.63) is 29.8 Å². The number of carboxylic acid groups (broad SMARTS) is 1. The third-order valence-corrected chi connectivity index (χ3v) is 10.3. The summed E-state index contributed by atoms with van der Waals surface area (Å²) in [6.45, 7) is 3.76. The van der Waals surface area contributed by atoms with Gasteiger partial charge >= 0.3 is 5.97 Å². The number of rotatable bonds is 35. The Hall–Kier alpha value is -6.11. The van der Waals surface area contributed by atoms with Crippen LogP contribution in [0.25, 0.3) is 0 Å². The van der Waals surface area contributed by atoms with Crippen molar-refractivity contribution < 1.29 is 48.6 Å². The minimum Gasteiger partial charge on any atom is -0.508 e. The summed E-state index contributed by atoms with van der Waals surface area (Å²) in [6, 6.07) is -1.75. The standard InChI is InChI=1S/C43H76N14O10/c1-26(2)22-34(42(66)67)57-40(64)32(13-9-21-50-43(48)49)55-41(65)33(23-27-14-16-28(58)17-15-27)56-39(63)31(12-5-8-20-46)54-38(62)30(11-4-7-19-45)53-37(61)29(10-3-6-18-44)52-36(60)25-51-35(59)24-47/h14-17,26,29-34,58H,3-13,18-25,44-47H2,1-2H3,(H,51,59)(H,52,60)(H,53,61)(H,54,62)(H,55,65)(H,56,63)(H,57,64)(H,66,67)(H4,48,49,50)/t29-,30-,31-,32-,33-,34-/m0/s1. The van der Waals surface area contributed by atoms with Crippen LogP contribution in [0.15, 0.2) is 29.3 Å². The Morgan fingerprint density at radius 1 is 0.552 bits per heavy atom. The molecule has 24 nitrogen and oxygen atoms in total. The van der Waals surface area contributed by atoms with Gasteiger partial charge in [-0.05, 0) is 120 Å². The van der Waals surface area contributed by atoms with Gasteiger partial charge in [0.15, 0.2) is 5.96 Å². The Morgan fingerprint density at radius 3 is 1.36 bits per heavy atom. The van der Waals surface area contributed by atoms with Crippen molar-refractivity contribution in [2.45, 2.75) is 134 Å². The predicted molar refractivity (Wildman–Crippen MR) is 251 cm³/mol. The molecule has 0 aliphatic heterocycles. The van der Waals surface area contributed by atoms with Gasteiger partial charge in [-0.3, -0.25) is 38.6 Å². The van der Waals surface area contributed by atoms with Gasteiger partial charge in [-0.25, -0.2) is 4.79 Å². The third-order valence-electron chi connectivity index (χ3n) is 10.3. The molecule has 378 valence electrons. The maximum atomic E-state index is 14.3. The zero-order chi connectivity index (χ0) is 50.3. The number of guanidine groups is 1. The highest BCUT2D eigenvalue weighted by molar-refractivity contribution is 5.97. The summed E-state index contributed by atoms with van der Waals surface area (Å²) in [5.74, 6) is -6.74. The topological polar surface area (TPSA) is 430 Å². The predicted octanol–water partition coefficient (Wildman–Crippen LogP) is -3.51. The number of hydrogen-bond acceptors (Lipinski definition) is 14. The van der Waals surface area contributed by atoms with Crippen molar-refractivity contribution in [2.24, 2.45) is 45.3 Å². The van der Waals surface area contributed by atoms with E-state index in [9.17, 15) is 48.6 Å². The van der Waals surface area contributed by atoms with Crippen LogP contribution in [0.5, 0.6) is 5.75 Å². The summed E-state index contributed by atoms with van der Waals surface area (Å²) in [4.78, 5) is 110. The number of aliphatic carboxylic acids is 1. The van der Waals surface area contributed by atoms with Crippen molar-refractivity contribution in [1.82, 2.24) is 37.2 Å². The van der Waals surface area contributed by atoms with Gasteiger partial charge in [0.1, 0.15) is 42.0 Å². The molecule has 0 heterocycles. The lowest BCUT2D eigenvalue weighted by atomic mass is 10.0. The van der Waals surface area contributed by atoms with Gasteiger partial charge in [-0.1, -0.05) is 26.0 Å². The number of nitrogens with one attached hydrogen (secondary N) is 7. The molecule has 6 atom stereocenters. The maximum absolute atomic E-state index is 14.3. The number of carbonyl (C=O) groups excluding carboxylic acids is 7. The first-order valence-electron chi connectivity index (χ1n) is 22.8. The second-order valence-corrected chi connectivity index (χ2v) is 16.5. The van der Waals surface area contributed by atoms with Crippen LogP contribution in [0.2, 0.25) is 0 Å². The highest BCUT2D eigenvalue weighted by Gasteiger charge is 2.33. The third kappa shape index (κ3) is 25.4. The number of nitrogens with zero attached hydrogens (tertiary/aromatic N) is 1. The summed E-state index contributed by atoms with van der Waals surface area (Å²) in [5, 5.41) is 38.0. The normalized spacial score (nSPS) is 13.7. The van der Waals surface area contributed by atoms with Gasteiger partial charge in [-0.15, -0.1) is 0 Å². The molecular weight excluding hydrogens is 873 g/mol. The molecular formula is C43H76N14O10. The monoisotopic (exact) mass is 949 g/mol. The van der Waals surface area contributed by atoms with E-state index in [-0.39, 0.29) is 82.2 Å². The Kier molecular flexibility index (Phi) is 29.3. The first-order chi connectivity index (χ1) is 31.8. The number of carbonyl (C=O) groups is 8. The summed E-state index contributed by atoms with van der Waals surface area (Å²) in [7, 11) is 0. The maximum Gasteiger partial charge on any atom is 0.326 e. The molecule has 0 spiro atoms. The second-order valence-electron chi connectivity index (χ2n) is 16.5. The lowest BCUT2D eigenvalue weighted by Gasteiger charge is -2.28. The van der Waals surface area contributed by atoms with E-state index in [1.165, 1.54) is 24.3 Å². The summed E-state index contributed by atoms with van der Waals surface area (Å²) in [6.07, 6.45) is 3.13. The SMILES string of the molecule is CC(C)C[C@H](NC(=O)[C@H](CCCN=C(N)N)NC(=O)[C@H](Cc1ccc(O)cc1)NC(=O)[C@H](CCCCN)NC(=O)[C@H](CCCCN)NC(=O)[C@H](CCCCN)NC(=O)CNC(=O)CN)C(=O)O. The molecule has 0 radical (unpaired) electrons. The van der Waals surface area contributed by atoms with Crippen LogP contribution >= 0.6 is 0 Å². The van der Waals surface area contributed by atoms with E-state index < -0.39 is 90.1 Å². The van der Waals surface area contributed by atoms with Crippen molar-refractivity contribution >= 4 is 53.3 Å². The molecule has 1 rings (SSSR count). The van der Waals surface area contributed by atoms with Crippen LogP contribution in [0.4, 0.5) is 0 Å². The van der Waals surface area contributed by atoms with E-state index in [2.05, 4.69) is 42.2 Å². The number of aliphatic imine (C=N–C) groups is 1. The first-order valence-corrected chi connectivity index (χ1v) is 22.8. The smallest absolute Gasteiger partial charge is 0.326 e. The molecule has 0 saturated heterocycles. The van der Waals surface area contributed by atoms with Crippen molar-refractivity contribution in [3.63, 3.8) is 0 Å². The average molecular weight is 949 g/mol. The van der Waals surface area contributed by atoms with E-state index in [1.807, 2.05) is 0 Å². The Bertz CT molecular complexity index is 1750. The number of amides is 7. The Labute approximate surface area is 392 Å². The highest BCUT2D eigenvalue weighted by atomic mass is 16.4. The van der Waals surface area contributed by atoms with Crippen LogP contribution in [0.1, 0.15) is 96.5 Å². The van der Waals surface area contributed by atoms with E-state index in [1.54, 1.807) is 13.8 Å². The average Bonchev–Trinajstić information content (AvgIpc) is 3.27. The molecule has 21 N–H and O–H groups in total. The number of unbranched alkanes of at least 4 members (excludes halogenated alkanes) is 3. The van der Waals surface area contributed by atoms with Crippen LogP contribution in [-0.4, -0.2) is 139 Å². The molecule has 1 aromatic carbocycles. The van der Waals surface area contributed by atoms with Crippen LogP contribution in [0, 0.1) is 5.92 Å². The van der Waals surface area contributed by atoms with E-state index >= 15 is 0 Å². The van der Waals surface area contributed by atoms with Gasteiger partial charge in [0.25, 0.3) is 0 Å². The van der Waals surface area contributed by atoms with Crippen molar-refractivity contribution in [1.29, 1.82) is 0 Å². The zero-order valence-corrected chi connectivity index (χ0v) is 38.9. The van der Waals surface area contributed by atoms with Gasteiger partial charge in [0.2, 0.25) is 41.4 Å². The number of hydrogen-bond donors (Lipinski definition) is 15. The fourth-order valence-electron chi connectivity index (χ4n) is 6.69. The molecule has 7 amide bonds. The number of carboxylic acids is 1. The highest BCUT2D eigenvalue weighted by Crippen LogP contribution is 2.14. The number of aromatic hydroxyl groups is 1. The molecule has 0 unspecified atom stereocenters. The van der Waals surface area contributed by atoms with Crippen molar-refractivity contribution in [2.75, 3.05) is 39.3 Å².